The molecule has 1 fully saturated rings. The van der Waals surface area contributed by atoms with E-state index in [4.69, 9.17) is 4.74 Å². The lowest BCUT2D eigenvalue weighted by molar-refractivity contribution is -0.0772. The molecule has 0 radical (unpaired) electrons. The zero-order chi connectivity index (χ0) is 12.5. The van der Waals surface area contributed by atoms with Crippen LogP contribution in [0, 0.1) is 0 Å². The molecule has 1 saturated carbocycles. The zero-order valence-electron chi connectivity index (χ0n) is 10.9. The van der Waals surface area contributed by atoms with Crippen LogP contribution in [0.3, 0.4) is 0 Å². The molecule has 2 unspecified atom stereocenters. The standard InChI is InChI=1S/C15H22O2/c1-11(17-3)15(2,16)14-9-5-8-13(10-14)12-6-4-7-12/h5,8-12,16H,4,6-7H2,1-3H3. The lowest BCUT2D eigenvalue weighted by Gasteiger charge is -2.32. The predicted molar refractivity (Wildman–Crippen MR) is 69.1 cm³/mol. The minimum Gasteiger partial charge on any atom is -0.383 e. The van der Waals surface area contributed by atoms with Gasteiger partial charge in [0, 0.05) is 7.11 Å². The van der Waals surface area contributed by atoms with Crippen molar-refractivity contribution in [2.24, 2.45) is 0 Å². The van der Waals surface area contributed by atoms with Gasteiger partial charge in [0.2, 0.25) is 0 Å². The molecule has 2 atom stereocenters. The third-order valence-electron chi connectivity index (χ3n) is 4.19. The van der Waals surface area contributed by atoms with Gasteiger partial charge in [-0.2, -0.15) is 0 Å². The molecule has 2 rings (SSSR count). The Bertz CT molecular complexity index is 380. The summed E-state index contributed by atoms with van der Waals surface area (Å²) >= 11 is 0. The Morgan fingerprint density at radius 1 is 1.41 bits per heavy atom. The highest BCUT2D eigenvalue weighted by Crippen LogP contribution is 2.38. The van der Waals surface area contributed by atoms with Gasteiger partial charge in [0.05, 0.1) is 6.10 Å². The second kappa shape index (κ2) is 4.79. The second-order valence-corrected chi connectivity index (χ2v) is 5.28. The van der Waals surface area contributed by atoms with E-state index in [9.17, 15) is 5.11 Å². The molecule has 2 heteroatoms. The van der Waals surface area contributed by atoms with Gasteiger partial charge in [-0.15, -0.1) is 0 Å². The summed E-state index contributed by atoms with van der Waals surface area (Å²) < 4.78 is 5.26. The van der Waals surface area contributed by atoms with Gasteiger partial charge in [0.15, 0.2) is 0 Å². The van der Waals surface area contributed by atoms with Gasteiger partial charge in [-0.3, -0.25) is 0 Å². The SMILES string of the molecule is COC(C)C(C)(O)c1cccc(C2CCC2)c1. The summed E-state index contributed by atoms with van der Waals surface area (Å²) in [5.74, 6) is 0.698. The van der Waals surface area contributed by atoms with E-state index in [1.54, 1.807) is 7.11 Å². The number of rotatable bonds is 4. The Morgan fingerprint density at radius 3 is 2.65 bits per heavy atom. The Hall–Kier alpha value is -0.860. The lowest BCUT2D eigenvalue weighted by atomic mass is 9.78. The molecule has 1 aliphatic carbocycles. The molecule has 17 heavy (non-hydrogen) atoms. The van der Waals surface area contributed by atoms with E-state index >= 15 is 0 Å². The highest BCUT2D eigenvalue weighted by molar-refractivity contribution is 5.31. The average Bonchev–Trinajstić information content (AvgIpc) is 2.26. The van der Waals surface area contributed by atoms with Gasteiger partial charge in [-0.25, -0.2) is 0 Å². The molecule has 2 nitrogen and oxygen atoms in total. The van der Waals surface area contributed by atoms with Crippen LogP contribution in [-0.4, -0.2) is 18.3 Å². The summed E-state index contributed by atoms with van der Waals surface area (Å²) in [4.78, 5) is 0. The molecule has 0 bridgehead atoms. The summed E-state index contributed by atoms with van der Waals surface area (Å²) in [6.45, 7) is 3.72. The van der Waals surface area contributed by atoms with Gasteiger partial charge in [0.25, 0.3) is 0 Å². The lowest BCUT2D eigenvalue weighted by Crippen LogP contribution is -2.35. The highest BCUT2D eigenvalue weighted by atomic mass is 16.5. The van der Waals surface area contributed by atoms with Crippen molar-refractivity contribution in [3.8, 4) is 0 Å². The molecule has 0 aromatic heterocycles. The first-order chi connectivity index (χ1) is 8.05. The van der Waals surface area contributed by atoms with Crippen LogP contribution in [0.15, 0.2) is 24.3 Å². The topological polar surface area (TPSA) is 29.5 Å². The van der Waals surface area contributed by atoms with Crippen molar-refractivity contribution in [3.05, 3.63) is 35.4 Å². The van der Waals surface area contributed by atoms with E-state index in [0.29, 0.717) is 5.92 Å². The Balaban J connectivity index is 2.25. The average molecular weight is 234 g/mol. The molecule has 94 valence electrons. The predicted octanol–water partition coefficient (Wildman–Crippen LogP) is 3.20. The third kappa shape index (κ3) is 2.38. The molecule has 1 aromatic rings. The molecule has 1 N–H and O–H groups in total. The maximum absolute atomic E-state index is 10.5. The number of benzene rings is 1. The van der Waals surface area contributed by atoms with Gasteiger partial charge in [0.1, 0.15) is 5.60 Å². The maximum Gasteiger partial charge on any atom is 0.113 e. The minimum absolute atomic E-state index is 0.209. The van der Waals surface area contributed by atoms with Crippen molar-refractivity contribution < 1.29 is 9.84 Å². The van der Waals surface area contributed by atoms with Gasteiger partial charge < -0.3 is 9.84 Å². The molecule has 1 aromatic carbocycles. The van der Waals surface area contributed by atoms with E-state index in [-0.39, 0.29) is 6.10 Å². The summed E-state index contributed by atoms with van der Waals surface area (Å²) in [6, 6.07) is 8.33. The molecular weight excluding hydrogens is 212 g/mol. The van der Waals surface area contributed by atoms with Crippen LogP contribution in [0.5, 0.6) is 0 Å². The van der Waals surface area contributed by atoms with Gasteiger partial charge >= 0.3 is 0 Å². The smallest absolute Gasteiger partial charge is 0.113 e. The fourth-order valence-corrected chi connectivity index (χ4v) is 2.31. The number of hydrogen-bond donors (Lipinski definition) is 1. The van der Waals surface area contributed by atoms with Crippen LogP contribution in [-0.2, 0) is 10.3 Å². The van der Waals surface area contributed by atoms with Gasteiger partial charge in [-0.1, -0.05) is 30.7 Å². The maximum atomic E-state index is 10.5. The van der Waals surface area contributed by atoms with E-state index in [0.717, 1.165) is 5.56 Å². The number of ether oxygens (including phenoxy) is 1. The van der Waals surface area contributed by atoms with Crippen LogP contribution < -0.4 is 0 Å². The van der Waals surface area contributed by atoms with Crippen LogP contribution in [0.1, 0.15) is 50.2 Å². The highest BCUT2D eigenvalue weighted by Gasteiger charge is 2.31. The molecule has 0 amide bonds. The summed E-state index contributed by atoms with van der Waals surface area (Å²) in [5, 5.41) is 10.5. The van der Waals surface area contributed by atoms with E-state index in [1.807, 2.05) is 26.0 Å². The van der Waals surface area contributed by atoms with Crippen molar-refractivity contribution in [1.82, 2.24) is 0 Å². The zero-order valence-corrected chi connectivity index (χ0v) is 10.9. The van der Waals surface area contributed by atoms with E-state index < -0.39 is 5.60 Å². The van der Waals surface area contributed by atoms with Crippen LogP contribution in [0.2, 0.25) is 0 Å². The molecule has 0 spiro atoms. The number of hydrogen-bond acceptors (Lipinski definition) is 2. The van der Waals surface area contributed by atoms with Crippen molar-refractivity contribution in [2.45, 2.75) is 50.7 Å². The minimum atomic E-state index is -0.922. The van der Waals surface area contributed by atoms with E-state index in [1.165, 1.54) is 24.8 Å². The molecule has 0 heterocycles. The largest absolute Gasteiger partial charge is 0.383 e. The molecule has 0 saturated heterocycles. The van der Waals surface area contributed by atoms with Crippen molar-refractivity contribution in [1.29, 1.82) is 0 Å². The fraction of sp³-hybridized carbons (Fsp3) is 0.600. The monoisotopic (exact) mass is 234 g/mol. The number of methoxy groups -OCH3 is 1. The summed E-state index contributed by atoms with van der Waals surface area (Å²) in [7, 11) is 1.63. The first kappa shape index (κ1) is 12.6. The first-order valence-electron chi connectivity index (χ1n) is 6.41. The Kier molecular flexibility index (Phi) is 3.55. The van der Waals surface area contributed by atoms with E-state index in [2.05, 4.69) is 12.1 Å². The van der Waals surface area contributed by atoms with Crippen molar-refractivity contribution in [3.63, 3.8) is 0 Å². The Morgan fingerprint density at radius 2 is 2.12 bits per heavy atom. The van der Waals surface area contributed by atoms with Crippen LogP contribution >= 0.6 is 0 Å². The van der Waals surface area contributed by atoms with Gasteiger partial charge in [-0.05, 0) is 43.7 Å². The molecule has 1 aliphatic rings. The van der Waals surface area contributed by atoms with Crippen molar-refractivity contribution >= 4 is 0 Å². The number of aliphatic hydroxyl groups is 1. The second-order valence-electron chi connectivity index (χ2n) is 5.28. The molecular formula is C15H22O2. The first-order valence-corrected chi connectivity index (χ1v) is 6.41. The summed E-state index contributed by atoms with van der Waals surface area (Å²) in [5.41, 5.74) is 1.39. The normalized spacial score (nSPS) is 21.6. The van der Waals surface area contributed by atoms with Crippen LogP contribution in [0.25, 0.3) is 0 Å². The van der Waals surface area contributed by atoms with Crippen LogP contribution in [0.4, 0.5) is 0 Å². The Labute approximate surface area is 104 Å². The third-order valence-corrected chi connectivity index (χ3v) is 4.19. The summed E-state index contributed by atoms with van der Waals surface area (Å²) in [6.07, 6.45) is 3.69. The fourth-order valence-electron chi connectivity index (χ4n) is 2.31. The molecule has 0 aliphatic heterocycles. The van der Waals surface area contributed by atoms with Crippen molar-refractivity contribution in [2.75, 3.05) is 7.11 Å². The quantitative estimate of drug-likeness (QED) is 0.867.